The summed E-state index contributed by atoms with van der Waals surface area (Å²) in [6.07, 6.45) is 10.2. The van der Waals surface area contributed by atoms with Gasteiger partial charge in [-0.1, -0.05) is 0 Å². The number of aldehydes is 1. The summed E-state index contributed by atoms with van der Waals surface area (Å²) in [5.41, 5.74) is 2.25. The third kappa shape index (κ3) is 4.23. The van der Waals surface area contributed by atoms with Crippen molar-refractivity contribution >= 4 is 12.1 Å². The summed E-state index contributed by atoms with van der Waals surface area (Å²) >= 11 is 0. The summed E-state index contributed by atoms with van der Waals surface area (Å²) in [7, 11) is 0. The molecule has 2 aromatic heterocycles. The Morgan fingerprint density at radius 2 is 1.72 bits per heavy atom. The van der Waals surface area contributed by atoms with E-state index in [-0.39, 0.29) is 5.56 Å². The van der Waals surface area contributed by atoms with Crippen LogP contribution in [0.5, 0.6) is 0 Å². The SMILES string of the molecule is O=CCCc1cn(-c2ccc(-c3ncccn3)cc2)c(=O)c(N2CCCCC2)n1. The molecule has 1 aliphatic heterocycles. The van der Waals surface area contributed by atoms with Gasteiger partial charge in [-0.05, 0) is 56.0 Å². The predicted molar refractivity (Wildman–Crippen MR) is 111 cm³/mol. The first-order valence-corrected chi connectivity index (χ1v) is 9.95. The van der Waals surface area contributed by atoms with Crippen molar-refractivity contribution in [1.82, 2.24) is 19.5 Å². The van der Waals surface area contributed by atoms with Gasteiger partial charge in [0.1, 0.15) is 6.29 Å². The first-order valence-electron chi connectivity index (χ1n) is 9.95. The molecule has 4 rings (SSSR count). The summed E-state index contributed by atoms with van der Waals surface area (Å²) in [5, 5.41) is 0. The quantitative estimate of drug-likeness (QED) is 0.603. The van der Waals surface area contributed by atoms with Crippen molar-refractivity contribution in [2.75, 3.05) is 18.0 Å². The summed E-state index contributed by atoms with van der Waals surface area (Å²) < 4.78 is 1.63. The van der Waals surface area contributed by atoms with Crippen molar-refractivity contribution < 1.29 is 4.79 Å². The Kier molecular flexibility index (Phi) is 5.74. The monoisotopic (exact) mass is 389 g/mol. The van der Waals surface area contributed by atoms with Crippen LogP contribution in [0, 0.1) is 0 Å². The maximum atomic E-state index is 13.2. The largest absolute Gasteiger partial charge is 0.352 e. The van der Waals surface area contributed by atoms with E-state index in [0.29, 0.717) is 24.5 Å². The number of piperidine rings is 1. The summed E-state index contributed by atoms with van der Waals surface area (Å²) in [4.78, 5) is 39.2. The highest BCUT2D eigenvalue weighted by atomic mass is 16.1. The van der Waals surface area contributed by atoms with Crippen LogP contribution in [-0.4, -0.2) is 38.9 Å². The average Bonchev–Trinajstić information content (AvgIpc) is 2.79. The smallest absolute Gasteiger partial charge is 0.298 e. The van der Waals surface area contributed by atoms with E-state index >= 15 is 0 Å². The Balaban J connectivity index is 1.73. The molecule has 1 saturated heterocycles. The molecule has 7 heteroatoms. The number of hydrogen-bond donors (Lipinski definition) is 0. The lowest BCUT2D eigenvalue weighted by Crippen LogP contribution is -2.37. The van der Waals surface area contributed by atoms with Crippen LogP contribution in [0.2, 0.25) is 0 Å². The van der Waals surface area contributed by atoms with Crippen molar-refractivity contribution in [1.29, 1.82) is 0 Å². The van der Waals surface area contributed by atoms with Crippen molar-refractivity contribution in [3.63, 3.8) is 0 Å². The molecule has 0 amide bonds. The van der Waals surface area contributed by atoms with Crippen LogP contribution in [0.3, 0.4) is 0 Å². The van der Waals surface area contributed by atoms with Crippen LogP contribution < -0.4 is 10.5 Å². The Morgan fingerprint density at radius 1 is 1.00 bits per heavy atom. The number of nitrogens with zero attached hydrogens (tertiary/aromatic N) is 5. The molecule has 3 heterocycles. The highest BCUT2D eigenvalue weighted by Gasteiger charge is 2.19. The number of aromatic nitrogens is 4. The van der Waals surface area contributed by atoms with Gasteiger partial charge in [-0.15, -0.1) is 0 Å². The first kappa shape index (κ1) is 19.0. The van der Waals surface area contributed by atoms with E-state index in [1.165, 1.54) is 6.42 Å². The van der Waals surface area contributed by atoms with Gasteiger partial charge in [0.05, 0.1) is 5.69 Å². The molecule has 1 aliphatic rings. The minimum Gasteiger partial charge on any atom is -0.352 e. The summed E-state index contributed by atoms with van der Waals surface area (Å²) in [6, 6.07) is 9.36. The Morgan fingerprint density at radius 3 is 2.41 bits per heavy atom. The molecule has 0 unspecified atom stereocenters. The second-order valence-corrected chi connectivity index (χ2v) is 7.10. The highest BCUT2D eigenvalue weighted by molar-refractivity contribution is 5.57. The van der Waals surface area contributed by atoms with Gasteiger partial charge in [0, 0.05) is 49.4 Å². The Labute approximate surface area is 169 Å². The molecular weight excluding hydrogens is 366 g/mol. The van der Waals surface area contributed by atoms with Gasteiger partial charge in [-0.25, -0.2) is 15.0 Å². The van der Waals surface area contributed by atoms with Gasteiger partial charge >= 0.3 is 0 Å². The fourth-order valence-electron chi connectivity index (χ4n) is 3.58. The molecule has 0 bridgehead atoms. The molecule has 0 radical (unpaired) electrons. The van der Waals surface area contributed by atoms with Gasteiger partial charge in [0.2, 0.25) is 0 Å². The molecule has 0 spiro atoms. The number of rotatable bonds is 6. The number of carbonyl (C=O) groups is 1. The second-order valence-electron chi connectivity index (χ2n) is 7.10. The summed E-state index contributed by atoms with van der Waals surface area (Å²) in [6.45, 7) is 1.67. The lowest BCUT2D eigenvalue weighted by Gasteiger charge is -2.27. The molecule has 0 N–H and O–H groups in total. The van der Waals surface area contributed by atoms with Crippen molar-refractivity contribution in [3.8, 4) is 17.1 Å². The normalized spacial score (nSPS) is 14.0. The van der Waals surface area contributed by atoms with Gasteiger partial charge in [-0.2, -0.15) is 0 Å². The molecule has 148 valence electrons. The van der Waals surface area contributed by atoms with Crippen molar-refractivity contribution in [3.05, 3.63) is 65.0 Å². The van der Waals surface area contributed by atoms with Crippen LogP contribution in [0.15, 0.2) is 53.7 Å². The zero-order chi connectivity index (χ0) is 20.1. The van der Waals surface area contributed by atoms with Crippen LogP contribution in [0.25, 0.3) is 17.1 Å². The molecule has 1 fully saturated rings. The molecule has 0 saturated carbocycles. The number of carbonyl (C=O) groups excluding carboxylic acids is 1. The van der Waals surface area contributed by atoms with Crippen LogP contribution in [-0.2, 0) is 11.2 Å². The molecular formula is C22H23N5O2. The van der Waals surface area contributed by atoms with Crippen molar-refractivity contribution in [2.45, 2.75) is 32.1 Å². The Hall–Kier alpha value is -3.35. The van der Waals surface area contributed by atoms with Gasteiger partial charge in [0.25, 0.3) is 5.56 Å². The maximum absolute atomic E-state index is 13.2. The molecule has 0 atom stereocenters. The number of benzene rings is 1. The van der Waals surface area contributed by atoms with Gasteiger partial charge in [-0.3, -0.25) is 9.36 Å². The standard InChI is InChI=1S/C22H23N5O2/c28-15-4-6-18-16-27(22(29)21(25-18)26-13-2-1-3-14-26)19-9-7-17(8-10-19)20-23-11-5-12-24-20/h5,7-12,15-16H,1-4,6,13-14H2. The third-order valence-corrected chi connectivity index (χ3v) is 5.08. The fourth-order valence-corrected chi connectivity index (χ4v) is 3.58. The third-order valence-electron chi connectivity index (χ3n) is 5.08. The van der Waals surface area contributed by atoms with Crippen LogP contribution >= 0.6 is 0 Å². The van der Waals surface area contributed by atoms with Gasteiger partial charge < -0.3 is 9.69 Å². The number of hydrogen-bond acceptors (Lipinski definition) is 6. The van der Waals surface area contributed by atoms with E-state index in [0.717, 1.165) is 49.2 Å². The number of aryl methyl sites for hydroxylation is 1. The van der Waals surface area contributed by atoms with Crippen LogP contribution in [0.1, 0.15) is 31.4 Å². The lowest BCUT2D eigenvalue weighted by molar-refractivity contribution is -0.107. The molecule has 0 aliphatic carbocycles. The fraction of sp³-hybridized carbons (Fsp3) is 0.318. The Bertz CT molecular complexity index is 1030. The van der Waals surface area contributed by atoms with Crippen molar-refractivity contribution in [2.24, 2.45) is 0 Å². The van der Waals surface area contributed by atoms with E-state index in [1.807, 2.05) is 24.3 Å². The van der Waals surface area contributed by atoms with E-state index in [4.69, 9.17) is 0 Å². The van der Waals surface area contributed by atoms with Gasteiger partial charge in [0.15, 0.2) is 11.6 Å². The topological polar surface area (TPSA) is 81.0 Å². The summed E-state index contributed by atoms with van der Waals surface area (Å²) in [5.74, 6) is 1.12. The first-order chi connectivity index (χ1) is 14.3. The molecule has 1 aromatic carbocycles. The molecule has 29 heavy (non-hydrogen) atoms. The van der Waals surface area contributed by atoms with Crippen LogP contribution in [0.4, 0.5) is 5.82 Å². The number of anilines is 1. The minimum absolute atomic E-state index is 0.134. The highest BCUT2D eigenvalue weighted by Crippen LogP contribution is 2.19. The zero-order valence-corrected chi connectivity index (χ0v) is 16.2. The minimum atomic E-state index is -0.134. The van der Waals surface area contributed by atoms with E-state index < -0.39 is 0 Å². The van der Waals surface area contributed by atoms with E-state index in [9.17, 15) is 9.59 Å². The molecule has 3 aromatic rings. The second kappa shape index (κ2) is 8.77. The van der Waals surface area contributed by atoms with E-state index in [2.05, 4.69) is 19.9 Å². The molecule has 7 nitrogen and oxygen atoms in total. The van der Waals surface area contributed by atoms with E-state index in [1.54, 1.807) is 29.2 Å². The zero-order valence-electron chi connectivity index (χ0n) is 16.2. The lowest BCUT2D eigenvalue weighted by atomic mass is 10.1. The maximum Gasteiger partial charge on any atom is 0.298 e. The predicted octanol–water partition coefficient (Wildman–Crippen LogP) is 2.81. The average molecular weight is 389 g/mol.